The van der Waals surface area contributed by atoms with Gasteiger partial charge in [0.2, 0.25) is 0 Å². The van der Waals surface area contributed by atoms with Gasteiger partial charge in [-0.1, -0.05) is 11.6 Å². The second kappa shape index (κ2) is 7.31. The summed E-state index contributed by atoms with van der Waals surface area (Å²) in [6.45, 7) is 0.336. The quantitative estimate of drug-likeness (QED) is 0.768. The van der Waals surface area contributed by atoms with E-state index in [0.717, 1.165) is 18.4 Å². The summed E-state index contributed by atoms with van der Waals surface area (Å²) in [5, 5.41) is 0.336. The first-order chi connectivity index (χ1) is 12.0. The Bertz CT molecular complexity index is 792. The van der Waals surface area contributed by atoms with E-state index in [0.29, 0.717) is 23.1 Å². The number of benzene rings is 2. The molecule has 1 aliphatic rings. The molecule has 1 saturated carbocycles. The molecule has 0 radical (unpaired) electrons. The van der Waals surface area contributed by atoms with Gasteiger partial charge in [0.15, 0.2) is 0 Å². The minimum atomic E-state index is -0.568. The van der Waals surface area contributed by atoms with Crippen LogP contribution in [0.5, 0.6) is 11.5 Å². The van der Waals surface area contributed by atoms with Gasteiger partial charge < -0.3 is 14.4 Å². The van der Waals surface area contributed by atoms with E-state index in [9.17, 15) is 9.18 Å². The van der Waals surface area contributed by atoms with Crippen LogP contribution in [0.3, 0.4) is 0 Å². The highest BCUT2D eigenvalue weighted by Gasteiger charge is 2.34. The monoisotopic (exact) mass is 363 g/mol. The van der Waals surface area contributed by atoms with Crippen LogP contribution >= 0.6 is 11.6 Å². The van der Waals surface area contributed by atoms with Gasteiger partial charge >= 0.3 is 0 Å². The summed E-state index contributed by atoms with van der Waals surface area (Å²) in [5.74, 6) is 0.372. The third-order valence-electron chi connectivity index (χ3n) is 4.24. The van der Waals surface area contributed by atoms with Crippen molar-refractivity contribution in [3.8, 4) is 11.5 Å². The maximum Gasteiger partial charge on any atom is 0.257 e. The molecule has 25 heavy (non-hydrogen) atoms. The number of amides is 1. The van der Waals surface area contributed by atoms with Crippen LogP contribution in [0.2, 0.25) is 5.02 Å². The fourth-order valence-corrected chi connectivity index (χ4v) is 2.91. The molecule has 0 unspecified atom stereocenters. The van der Waals surface area contributed by atoms with E-state index in [-0.39, 0.29) is 17.5 Å². The SMILES string of the molecule is COc1ccc(CN(C(=O)c2cc(Cl)ccc2F)C2CC2)c(OC)c1. The zero-order chi connectivity index (χ0) is 18.0. The summed E-state index contributed by atoms with van der Waals surface area (Å²) in [5.41, 5.74) is 0.831. The lowest BCUT2D eigenvalue weighted by atomic mass is 10.1. The minimum Gasteiger partial charge on any atom is -0.497 e. The topological polar surface area (TPSA) is 38.8 Å². The van der Waals surface area contributed by atoms with E-state index in [4.69, 9.17) is 21.1 Å². The Labute approximate surface area is 151 Å². The smallest absolute Gasteiger partial charge is 0.257 e. The van der Waals surface area contributed by atoms with Crippen LogP contribution in [0.1, 0.15) is 28.8 Å². The predicted molar refractivity (Wildman–Crippen MR) is 93.9 cm³/mol. The number of carbonyl (C=O) groups excluding carboxylic acids is 1. The Balaban J connectivity index is 1.90. The first-order valence-electron chi connectivity index (χ1n) is 8.00. The van der Waals surface area contributed by atoms with Crippen LogP contribution in [0.4, 0.5) is 4.39 Å². The number of methoxy groups -OCH3 is 2. The van der Waals surface area contributed by atoms with Crippen molar-refractivity contribution in [1.82, 2.24) is 4.90 Å². The van der Waals surface area contributed by atoms with Crippen molar-refractivity contribution in [2.45, 2.75) is 25.4 Å². The van der Waals surface area contributed by atoms with Gasteiger partial charge in [-0.15, -0.1) is 0 Å². The van der Waals surface area contributed by atoms with E-state index in [2.05, 4.69) is 0 Å². The summed E-state index contributed by atoms with van der Waals surface area (Å²) < 4.78 is 24.7. The fourth-order valence-electron chi connectivity index (χ4n) is 2.74. The molecular weight excluding hydrogens is 345 g/mol. The normalized spacial score (nSPS) is 13.4. The Hall–Kier alpha value is -2.27. The summed E-state index contributed by atoms with van der Waals surface area (Å²) in [4.78, 5) is 14.6. The molecule has 0 aromatic heterocycles. The molecule has 0 N–H and O–H groups in total. The molecule has 0 atom stereocenters. The van der Waals surface area contributed by atoms with E-state index in [1.807, 2.05) is 12.1 Å². The molecule has 132 valence electrons. The van der Waals surface area contributed by atoms with Gasteiger partial charge in [0.1, 0.15) is 17.3 Å². The molecule has 1 amide bonds. The number of hydrogen-bond donors (Lipinski definition) is 0. The zero-order valence-corrected chi connectivity index (χ0v) is 14.8. The highest BCUT2D eigenvalue weighted by molar-refractivity contribution is 6.31. The largest absolute Gasteiger partial charge is 0.497 e. The minimum absolute atomic E-state index is 0.00752. The molecule has 3 rings (SSSR count). The van der Waals surface area contributed by atoms with Crippen LogP contribution in [0, 0.1) is 5.82 Å². The van der Waals surface area contributed by atoms with Crippen molar-refractivity contribution < 1.29 is 18.7 Å². The number of halogens is 2. The lowest BCUT2D eigenvalue weighted by Crippen LogP contribution is -2.33. The summed E-state index contributed by atoms with van der Waals surface area (Å²) in [6, 6.07) is 9.57. The van der Waals surface area contributed by atoms with E-state index < -0.39 is 5.82 Å². The van der Waals surface area contributed by atoms with Crippen molar-refractivity contribution in [1.29, 1.82) is 0 Å². The molecule has 0 heterocycles. The molecule has 1 aliphatic carbocycles. The summed E-state index contributed by atoms with van der Waals surface area (Å²) in [6.07, 6.45) is 1.82. The standard InChI is InChI=1S/C19H19ClFNO3/c1-24-15-7-3-12(18(10-15)25-2)11-22(14-5-6-14)19(23)16-9-13(20)4-8-17(16)21/h3-4,7-10,14H,5-6,11H2,1-2H3. The van der Waals surface area contributed by atoms with Gasteiger partial charge in [0, 0.05) is 29.2 Å². The molecule has 0 spiro atoms. The van der Waals surface area contributed by atoms with Gasteiger partial charge in [-0.3, -0.25) is 4.79 Å². The lowest BCUT2D eigenvalue weighted by Gasteiger charge is -2.24. The molecule has 2 aromatic rings. The molecular formula is C19H19ClFNO3. The predicted octanol–water partition coefficient (Wildman–Crippen LogP) is 4.30. The number of nitrogens with zero attached hydrogens (tertiary/aromatic N) is 1. The first-order valence-corrected chi connectivity index (χ1v) is 8.38. The molecule has 0 aliphatic heterocycles. The maximum atomic E-state index is 14.1. The van der Waals surface area contributed by atoms with E-state index in [1.54, 1.807) is 25.2 Å². The van der Waals surface area contributed by atoms with Crippen LogP contribution in [-0.4, -0.2) is 31.1 Å². The number of ether oxygens (including phenoxy) is 2. The van der Waals surface area contributed by atoms with Crippen molar-refractivity contribution in [2.75, 3.05) is 14.2 Å². The van der Waals surface area contributed by atoms with Gasteiger partial charge in [-0.2, -0.15) is 0 Å². The highest BCUT2D eigenvalue weighted by Crippen LogP contribution is 2.33. The van der Waals surface area contributed by atoms with Crippen molar-refractivity contribution in [2.24, 2.45) is 0 Å². The average Bonchev–Trinajstić information content (AvgIpc) is 3.46. The third kappa shape index (κ3) is 3.87. The van der Waals surface area contributed by atoms with Gasteiger partial charge in [-0.05, 0) is 43.2 Å². The Morgan fingerprint density at radius 2 is 1.96 bits per heavy atom. The summed E-state index contributed by atoms with van der Waals surface area (Å²) >= 11 is 5.93. The fraction of sp³-hybridized carbons (Fsp3) is 0.316. The van der Waals surface area contributed by atoms with Crippen LogP contribution in [0.25, 0.3) is 0 Å². The second-order valence-corrected chi connectivity index (χ2v) is 6.40. The van der Waals surface area contributed by atoms with Crippen LogP contribution in [0.15, 0.2) is 36.4 Å². The Morgan fingerprint density at radius 3 is 2.60 bits per heavy atom. The lowest BCUT2D eigenvalue weighted by molar-refractivity contribution is 0.0724. The third-order valence-corrected chi connectivity index (χ3v) is 4.48. The number of carbonyl (C=O) groups is 1. The van der Waals surface area contributed by atoms with Crippen molar-refractivity contribution >= 4 is 17.5 Å². The van der Waals surface area contributed by atoms with Gasteiger partial charge in [-0.25, -0.2) is 4.39 Å². The molecule has 4 nitrogen and oxygen atoms in total. The molecule has 0 saturated heterocycles. The van der Waals surface area contributed by atoms with Crippen LogP contribution < -0.4 is 9.47 Å². The summed E-state index contributed by atoms with van der Waals surface area (Å²) in [7, 11) is 3.15. The maximum absolute atomic E-state index is 14.1. The number of rotatable bonds is 6. The zero-order valence-electron chi connectivity index (χ0n) is 14.1. The van der Waals surface area contributed by atoms with Gasteiger partial charge in [0.25, 0.3) is 5.91 Å². The van der Waals surface area contributed by atoms with E-state index >= 15 is 0 Å². The second-order valence-electron chi connectivity index (χ2n) is 5.97. The molecule has 1 fully saturated rings. The Kier molecular flexibility index (Phi) is 5.13. The molecule has 0 bridgehead atoms. The average molecular weight is 364 g/mol. The highest BCUT2D eigenvalue weighted by atomic mass is 35.5. The number of hydrogen-bond acceptors (Lipinski definition) is 3. The Morgan fingerprint density at radius 1 is 1.20 bits per heavy atom. The van der Waals surface area contributed by atoms with Crippen LogP contribution in [-0.2, 0) is 6.54 Å². The van der Waals surface area contributed by atoms with Crippen molar-refractivity contribution in [3.63, 3.8) is 0 Å². The first kappa shape index (κ1) is 17.5. The molecule has 6 heteroatoms. The van der Waals surface area contributed by atoms with Gasteiger partial charge in [0.05, 0.1) is 19.8 Å². The molecule has 2 aromatic carbocycles. The van der Waals surface area contributed by atoms with Crippen molar-refractivity contribution in [3.05, 3.63) is 58.4 Å². The van der Waals surface area contributed by atoms with E-state index in [1.165, 1.54) is 18.2 Å².